The van der Waals surface area contributed by atoms with Crippen LogP contribution in [-0.4, -0.2) is 34.5 Å². The Balaban J connectivity index is 1.95. The summed E-state index contributed by atoms with van der Waals surface area (Å²) in [6, 6.07) is 1.97. The average Bonchev–Trinajstić information content (AvgIpc) is 2.73. The molecule has 1 fully saturated rings. The number of anilines is 1. The van der Waals surface area contributed by atoms with E-state index in [9.17, 15) is 0 Å². The molecule has 1 N–H and O–H groups in total. The van der Waals surface area contributed by atoms with Gasteiger partial charge in [-0.05, 0) is 25.8 Å². The summed E-state index contributed by atoms with van der Waals surface area (Å²) in [5.74, 6) is 0.725. The van der Waals surface area contributed by atoms with Crippen molar-refractivity contribution in [1.82, 2.24) is 9.97 Å². The lowest BCUT2D eigenvalue weighted by molar-refractivity contribution is 0.127. The largest absolute Gasteiger partial charge is 0.377 e. The first kappa shape index (κ1) is 12.6. The van der Waals surface area contributed by atoms with Crippen LogP contribution in [0.4, 0.5) is 5.95 Å². The number of ether oxygens (including phenoxy) is 1. The molecule has 17 heavy (non-hydrogen) atoms. The smallest absolute Gasteiger partial charge is 0.223 e. The SMILES string of the molecule is CCCNc1nccc(SC2CCOC2C)n1. The molecule has 4 nitrogen and oxygen atoms in total. The third kappa shape index (κ3) is 3.57. The lowest BCUT2D eigenvalue weighted by Gasteiger charge is -2.13. The summed E-state index contributed by atoms with van der Waals surface area (Å²) >= 11 is 1.79. The second-order valence-corrected chi connectivity index (χ2v) is 5.43. The zero-order valence-electron chi connectivity index (χ0n) is 10.3. The van der Waals surface area contributed by atoms with Crippen LogP contribution in [0.15, 0.2) is 17.3 Å². The minimum atomic E-state index is 0.321. The first-order valence-corrected chi connectivity index (χ1v) is 7.02. The summed E-state index contributed by atoms with van der Waals surface area (Å²) in [5, 5.41) is 4.75. The van der Waals surface area contributed by atoms with Gasteiger partial charge in [0.25, 0.3) is 0 Å². The molecule has 0 aliphatic carbocycles. The molecule has 0 saturated carbocycles. The van der Waals surface area contributed by atoms with Gasteiger partial charge in [0.1, 0.15) is 5.03 Å². The normalized spacial score (nSPS) is 23.9. The summed E-state index contributed by atoms with van der Waals surface area (Å²) < 4.78 is 5.55. The number of rotatable bonds is 5. The Bertz CT molecular complexity index is 361. The van der Waals surface area contributed by atoms with E-state index in [4.69, 9.17) is 4.74 Å². The van der Waals surface area contributed by atoms with Crippen LogP contribution in [0.5, 0.6) is 0 Å². The van der Waals surface area contributed by atoms with Gasteiger partial charge in [0.15, 0.2) is 0 Å². The van der Waals surface area contributed by atoms with Gasteiger partial charge in [-0.15, -0.1) is 11.8 Å². The molecule has 2 rings (SSSR count). The molecule has 1 saturated heterocycles. The third-order valence-corrected chi connectivity index (χ3v) is 4.13. The van der Waals surface area contributed by atoms with E-state index in [0.29, 0.717) is 11.4 Å². The number of hydrogen-bond donors (Lipinski definition) is 1. The fourth-order valence-corrected chi connectivity index (χ4v) is 2.82. The number of hydrogen-bond acceptors (Lipinski definition) is 5. The maximum Gasteiger partial charge on any atom is 0.223 e. The molecule has 2 heterocycles. The highest BCUT2D eigenvalue weighted by atomic mass is 32.2. The lowest BCUT2D eigenvalue weighted by Crippen LogP contribution is -2.13. The van der Waals surface area contributed by atoms with E-state index in [1.165, 1.54) is 0 Å². The molecule has 1 aliphatic heterocycles. The number of aromatic nitrogens is 2. The van der Waals surface area contributed by atoms with Crippen molar-refractivity contribution < 1.29 is 4.74 Å². The van der Waals surface area contributed by atoms with Crippen molar-refractivity contribution in [2.24, 2.45) is 0 Å². The highest BCUT2D eigenvalue weighted by Gasteiger charge is 2.25. The second kappa shape index (κ2) is 6.21. The lowest BCUT2D eigenvalue weighted by atomic mass is 10.3. The highest BCUT2D eigenvalue weighted by molar-refractivity contribution is 7.99. The van der Waals surface area contributed by atoms with E-state index < -0.39 is 0 Å². The Morgan fingerprint density at radius 1 is 1.59 bits per heavy atom. The Kier molecular flexibility index (Phi) is 4.62. The Hall–Kier alpha value is -0.810. The van der Waals surface area contributed by atoms with Gasteiger partial charge in [-0.3, -0.25) is 0 Å². The van der Waals surface area contributed by atoms with Crippen molar-refractivity contribution in [3.8, 4) is 0 Å². The van der Waals surface area contributed by atoms with Crippen molar-refractivity contribution in [1.29, 1.82) is 0 Å². The molecule has 0 bridgehead atoms. The van der Waals surface area contributed by atoms with Gasteiger partial charge in [-0.2, -0.15) is 0 Å². The predicted octanol–water partition coefficient (Wildman–Crippen LogP) is 2.57. The monoisotopic (exact) mass is 253 g/mol. The van der Waals surface area contributed by atoms with Crippen LogP contribution in [-0.2, 0) is 4.74 Å². The first-order valence-electron chi connectivity index (χ1n) is 6.14. The van der Waals surface area contributed by atoms with E-state index in [2.05, 4.69) is 29.1 Å². The van der Waals surface area contributed by atoms with Gasteiger partial charge in [0.2, 0.25) is 5.95 Å². The van der Waals surface area contributed by atoms with Crippen LogP contribution in [0.25, 0.3) is 0 Å². The number of thioether (sulfide) groups is 1. The predicted molar refractivity (Wildman–Crippen MR) is 70.5 cm³/mol. The van der Waals surface area contributed by atoms with E-state index in [-0.39, 0.29) is 0 Å². The summed E-state index contributed by atoms with van der Waals surface area (Å²) in [6.07, 6.45) is 4.32. The molecule has 1 aromatic heterocycles. The van der Waals surface area contributed by atoms with E-state index in [0.717, 1.165) is 37.0 Å². The average molecular weight is 253 g/mol. The summed E-state index contributed by atoms with van der Waals surface area (Å²) in [5.41, 5.74) is 0. The number of nitrogens with one attached hydrogen (secondary N) is 1. The van der Waals surface area contributed by atoms with Gasteiger partial charge < -0.3 is 10.1 Å². The van der Waals surface area contributed by atoms with Crippen LogP contribution in [0.3, 0.4) is 0 Å². The van der Waals surface area contributed by atoms with Crippen molar-refractivity contribution >= 4 is 17.7 Å². The van der Waals surface area contributed by atoms with E-state index in [1.807, 2.05) is 12.3 Å². The molecule has 1 aromatic rings. The van der Waals surface area contributed by atoms with Crippen molar-refractivity contribution in [3.63, 3.8) is 0 Å². The molecule has 0 radical (unpaired) electrons. The zero-order chi connectivity index (χ0) is 12.1. The van der Waals surface area contributed by atoms with Crippen molar-refractivity contribution in [2.45, 2.75) is 43.1 Å². The number of nitrogens with zero attached hydrogens (tertiary/aromatic N) is 2. The molecule has 1 aliphatic rings. The quantitative estimate of drug-likeness (QED) is 0.817. The fourth-order valence-electron chi connectivity index (χ4n) is 1.75. The molecule has 94 valence electrons. The maximum absolute atomic E-state index is 5.55. The summed E-state index contributed by atoms with van der Waals surface area (Å²) in [4.78, 5) is 8.70. The molecule has 0 amide bonds. The standard InChI is InChI=1S/C12H19N3OS/c1-3-6-13-12-14-7-4-11(15-12)17-10-5-8-16-9(10)2/h4,7,9-10H,3,5-6,8H2,1-2H3,(H,13,14,15). The van der Waals surface area contributed by atoms with Crippen LogP contribution in [0.1, 0.15) is 26.7 Å². The first-order chi connectivity index (χ1) is 8.29. The van der Waals surface area contributed by atoms with Gasteiger partial charge in [0.05, 0.1) is 6.10 Å². The van der Waals surface area contributed by atoms with Gasteiger partial charge in [-0.1, -0.05) is 6.92 Å². The molecule has 5 heteroatoms. The molecular weight excluding hydrogens is 234 g/mol. The summed E-state index contributed by atoms with van der Waals surface area (Å²) in [7, 11) is 0. The minimum Gasteiger partial charge on any atom is -0.377 e. The molecule has 0 spiro atoms. The second-order valence-electron chi connectivity index (χ2n) is 4.17. The fraction of sp³-hybridized carbons (Fsp3) is 0.667. The Morgan fingerprint density at radius 3 is 3.18 bits per heavy atom. The van der Waals surface area contributed by atoms with Crippen molar-refractivity contribution in [3.05, 3.63) is 12.3 Å². The zero-order valence-corrected chi connectivity index (χ0v) is 11.2. The van der Waals surface area contributed by atoms with Gasteiger partial charge in [0, 0.05) is 24.6 Å². The van der Waals surface area contributed by atoms with Crippen LogP contribution < -0.4 is 5.32 Å². The van der Waals surface area contributed by atoms with Crippen LogP contribution >= 0.6 is 11.8 Å². The van der Waals surface area contributed by atoms with Gasteiger partial charge >= 0.3 is 0 Å². The van der Waals surface area contributed by atoms with E-state index in [1.54, 1.807) is 11.8 Å². The topological polar surface area (TPSA) is 47.0 Å². The van der Waals surface area contributed by atoms with E-state index >= 15 is 0 Å². The molecule has 2 atom stereocenters. The maximum atomic E-state index is 5.55. The Labute approximate surface area is 107 Å². The van der Waals surface area contributed by atoms with Crippen molar-refractivity contribution in [2.75, 3.05) is 18.5 Å². The Morgan fingerprint density at radius 2 is 2.47 bits per heavy atom. The minimum absolute atomic E-state index is 0.321. The molecule has 0 aromatic carbocycles. The van der Waals surface area contributed by atoms with Crippen LogP contribution in [0, 0.1) is 0 Å². The van der Waals surface area contributed by atoms with Gasteiger partial charge in [-0.25, -0.2) is 9.97 Å². The van der Waals surface area contributed by atoms with Crippen LogP contribution in [0.2, 0.25) is 0 Å². The molecular formula is C12H19N3OS. The highest BCUT2D eigenvalue weighted by Crippen LogP contribution is 2.31. The molecule has 2 unspecified atom stereocenters. The third-order valence-electron chi connectivity index (χ3n) is 2.74. The summed E-state index contributed by atoms with van der Waals surface area (Å²) in [6.45, 7) is 6.03.